The van der Waals surface area contributed by atoms with Gasteiger partial charge in [0.2, 0.25) is 0 Å². The lowest BCUT2D eigenvalue weighted by Gasteiger charge is -2.25. The van der Waals surface area contributed by atoms with Crippen molar-refractivity contribution in [2.24, 2.45) is 17.8 Å². The van der Waals surface area contributed by atoms with E-state index in [1.54, 1.807) is 18.2 Å². The van der Waals surface area contributed by atoms with Crippen LogP contribution in [0.25, 0.3) is 11.3 Å². The molecule has 0 spiro atoms. The van der Waals surface area contributed by atoms with E-state index in [4.69, 9.17) is 4.98 Å². The van der Waals surface area contributed by atoms with Crippen molar-refractivity contribution in [2.45, 2.75) is 78.6 Å². The molecule has 1 aliphatic rings. The number of benzene rings is 2. The molecule has 0 radical (unpaired) electrons. The first-order valence-electron chi connectivity index (χ1n) is 16.9. The Kier molecular flexibility index (Phi) is 12.6. The van der Waals surface area contributed by atoms with Crippen LogP contribution in [0.15, 0.2) is 84.0 Å². The predicted molar refractivity (Wildman–Crippen MR) is 187 cm³/mol. The minimum Gasteiger partial charge on any atom is -0.309 e. The Bertz CT molecular complexity index is 1590. The lowest BCUT2D eigenvalue weighted by molar-refractivity contribution is 0.0927. The van der Waals surface area contributed by atoms with Crippen LogP contribution in [0.1, 0.15) is 99.3 Å². The maximum Gasteiger partial charge on any atom is 0.167 e. The highest BCUT2D eigenvalue weighted by Gasteiger charge is 2.25. The fourth-order valence-electron chi connectivity index (χ4n) is 6.85. The minimum atomic E-state index is -0.245. The molecule has 2 aromatic carbocycles. The molecule has 4 rings (SSSR count). The van der Waals surface area contributed by atoms with Gasteiger partial charge in [0.15, 0.2) is 5.78 Å². The molecule has 242 valence electrons. The molecule has 0 saturated heterocycles. The highest BCUT2D eigenvalue weighted by molar-refractivity contribution is 5.99. The van der Waals surface area contributed by atoms with Gasteiger partial charge in [0.1, 0.15) is 5.82 Å². The van der Waals surface area contributed by atoms with Gasteiger partial charge in [-0.2, -0.15) is 5.26 Å². The van der Waals surface area contributed by atoms with Crippen LogP contribution in [0.4, 0.5) is 4.39 Å². The van der Waals surface area contributed by atoms with Crippen LogP contribution in [0.2, 0.25) is 0 Å². The summed E-state index contributed by atoms with van der Waals surface area (Å²) in [7, 11) is 4.31. The number of allylic oxidation sites excluding steroid dienone is 4. The standard InChI is InChI=1S/C41H50FN3O/c1-28(2)21-34(27-45(5)6)24-33-13-9-12-32(23-33)22-30(4)41(46)38-19-20-39(37-16-8-7-14-35(37)26-43)44-40(38)29(3)17-18-31-11-10-15-36(42)25-31/h7-8,10-12,14-16,19-20,23,25,28-30,34H,9,13,17-18,21-22,24,27H2,1-6H3. The summed E-state index contributed by atoms with van der Waals surface area (Å²) in [4.78, 5) is 21.5. The van der Waals surface area contributed by atoms with Crippen LogP contribution >= 0.6 is 0 Å². The van der Waals surface area contributed by atoms with Crippen LogP contribution in [-0.2, 0) is 6.42 Å². The number of nitriles is 1. The summed E-state index contributed by atoms with van der Waals surface area (Å²) < 4.78 is 13.9. The summed E-state index contributed by atoms with van der Waals surface area (Å²) in [5.74, 6) is 0.895. The van der Waals surface area contributed by atoms with E-state index in [0.29, 0.717) is 41.5 Å². The third kappa shape index (κ3) is 9.81. The number of halogens is 1. The molecular formula is C41H50FN3O. The zero-order valence-electron chi connectivity index (χ0n) is 28.5. The first-order chi connectivity index (χ1) is 22.0. The monoisotopic (exact) mass is 619 g/mol. The summed E-state index contributed by atoms with van der Waals surface area (Å²) >= 11 is 0. The Morgan fingerprint density at radius 2 is 1.80 bits per heavy atom. The molecule has 3 atom stereocenters. The van der Waals surface area contributed by atoms with Crippen molar-refractivity contribution in [2.75, 3.05) is 20.6 Å². The van der Waals surface area contributed by atoms with Gasteiger partial charge < -0.3 is 4.90 Å². The van der Waals surface area contributed by atoms with E-state index >= 15 is 0 Å². The van der Waals surface area contributed by atoms with Gasteiger partial charge in [-0.1, -0.05) is 81.3 Å². The van der Waals surface area contributed by atoms with E-state index in [2.05, 4.69) is 58.0 Å². The van der Waals surface area contributed by atoms with Gasteiger partial charge in [-0.15, -0.1) is 0 Å². The van der Waals surface area contributed by atoms with E-state index in [-0.39, 0.29) is 23.4 Å². The molecule has 1 aliphatic carbocycles. The number of pyridine rings is 1. The third-order valence-electron chi connectivity index (χ3n) is 8.97. The highest BCUT2D eigenvalue weighted by Crippen LogP contribution is 2.33. The maximum absolute atomic E-state index is 14.1. The first kappa shape index (κ1) is 35.0. The Hall–Kier alpha value is -3.88. The van der Waals surface area contributed by atoms with E-state index in [1.165, 1.54) is 23.6 Å². The molecular weight excluding hydrogens is 569 g/mol. The molecule has 1 aromatic heterocycles. The average molecular weight is 620 g/mol. The van der Waals surface area contributed by atoms with Crippen molar-refractivity contribution in [1.29, 1.82) is 5.26 Å². The molecule has 4 nitrogen and oxygen atoms in total. The van der Waals surface area contributed by atoms with E-state index < -0.39 is 0 Å². The number of aromatic nitrogens is 1. The Morgan fingerprint density at radius 3 is 2.52 bits per heavy atom. The van der Waals surface area contributed by atoms with Gasteiger partial charge in [0, 0.05) is 23.6 Å². The minimum absolute atomic E-state index is 0.0430. The summed E-state index contributed by atoms with van der Waals surface area (Å²) in [5.41, 5.74) is 7.05. The topological polar surface area (TPSA) is 57.0 Å². The number of hydrogen-bond acceptors (Lipinski definition) is 4. The molecule has 0 saturated carbocycles. The van der Waals surface area contributed by atoms with Gasteiger partial charge in [-0.3, -0.25) is 9.78 Å². The van der Waals surface area contributed by atoms with Crippen molar-refractivity contribution in [3.8, 4) is 17.3 Å². The zero-order chi connectivity index (χ0) is 33.2. The van der Waals surface area contributed by atoms with Gasteiger partial charge in [0.05, 0.1) is 23.0 Å². The number of rotatable bonds is 15. The lowest BCUT2D eigenvalue weighted by Crippen LogP contribution is -2.23. The number of hydrogen-bond donors (Lipinski definition) is 0. The van der Waals surface area contributed by atoms with Crippen molar-refractivity contribution >= 4 is 5.78 Å². The predicted octanol–water partition coefficient (Wildman–Crippen LogP) is 9.97. The van der Waals surface area contributed by atoms with E-state index in [1.807, 2.05) is 43.3 Å². The molecule has 0 amide bonds. The number of carbonyl (C=O) groups is 1. The summed E-state index contributed by atoms with van der Waals surface area (Å²) in [5, 5.41) is 9.73. The molecule has 3 unspecified atom stereocenters. The Labute approximate surface area is 276 Å². The molecule has 0 N–H and O–H groups in total. The van der Waals surface area contributed by atoms with Crippen LogP contribution in [0, 0.1) is 34.9 Å². The van der Waals surface area contributed by atoms with E-state index in [0.717, 1.165) is 49.0 Å². The smallest absolute Gasteiger partial charge is 0.167 e. The van der Waals surface area contributed by atoms with Crippen LogP contribution in [0.3, 0.4) is 0 Å². The molecule has 46 heavy (non-hydrogen) atoms. The number of nitrogens with zero attached hydrogens (tertiary/aromatic N) is 3. The second-order valence-corrected chi connectivity index (χ2v) is 13.9. The molecule has 5 heteroatoms. The van der Waals surface area contributed by atoms with Crippen molar-refractivity contribution in [3.05, 3.63) is 112 Å². The molecule has 0 fully saturated rings. The third-order valence-corrected chi connectivity index (χ3v) is 8.97. The average Bonchev–Trinajstić information content (AvgIpc) is 3.02. The highest BCUT2D eigenvalue weighted by atomic mass is 19.1. The number of ketones is 1. The first-order valence-corrected chi connectivity index (χ1v) is 16.9. The largest absolute Gasteiger partial charge is 0.309 e. The van der Waals surface area contributed by atoms with Crippen molar-refractivity contribution in [3.63, 3.8) is 0 Å². The van der Waals surface area contributed by atoms with Crippen molar-refractivity contribution in [1.82, 2.24) is 9.88 Å². The molecule has 0 aliphatic heterocycles. The quantitative estimate of drug-likeness (QED) is 0.159. The van der Waals surface area contributed by atoms with Gasteiger partial charge in [-0.25, -0.2) is 4.39 Å². The summed E-state index contributed by atoms with van der Waals surface area (Å²) in [6.45, 7) is 9.81. The van der Waals surface area contributed by atoms with E-state index in [9.17, 15) is 14.4 Å². The second kappa shape index (κ2) is 16.6. The van der Waals surface area contributed by atoms with Crippen LogP contribution < -0.4 is 0 Å². The fraction of sp³-hybridized carbons (Fsp3) is 0.439. The SMILES string of the molecule is CC(C)CC(CC1=CC(CC(C)C(=O)c2ccc(-c3ccccc3C#N)nc2C(C)CCc2cccc(F)c2)=CCC1)CN(C)C. The van der Waals surface area contributed by atoms with Crippen molar-refractivity contribution < 1.29 is 9.18 Å². The van der Waals surface area contributed by atoms with Crippen LogP contribution in [-0.4, -0.2) is 36.3 Å². The Balaban J connectivity index is 1.57. The molecule has 0 bridgehead atoms. The lowest BCUT2D eigenvalue weighted by atomic mass is 9.83. The molecule has 1 heterocycles. The number of carbonyl (C=O) groups excluding carboxylic acids is 1. The zero-order valence-corrected chi connectivity index (χ0v) is 28.5. The number of aryl methyl sites for hydroxylation is 1. The summed E-state index contributed by atoms with van der Waals surface area (Å²) in [6.07, 6.45) is 11.2. The molecule has 3 aromatic rings. The fourth-order valence-corrected chi connectivity index (χ4v) is 6.85. The number of Topliss-reactive ketones (excluding diaryl/α,β-unsaturated/α-hetero) is 1. The van der Waals surface area contributed by atoms with Gasteiger partial charge in [-0.05, 0) is 113 Å². The van der Waals surface area contributed by atoms with Gasteiger partial charge >= 0.3 is 0 Å². The summed E-state index contributed by atoms with van der Waals surface area (Å²) in [6, 6.07) is 20.2. The maximum atomic E-state index is 14.1. The van der Waals surface area contributed by atoms with Gasteiger partial charge in [0.25, 0.3) is 0 Å². The van der Waals surface area contributed by atoms with Crippen LogP contribution in [0.5, 0.6) is 0 Å². The normalized spacial score (nSPS) is 15.2. The second-order valence-electron chi connectivity index (χ2n) is 13.9. The Morgan fingerprint density at radius 1 is 1.02 bits per heavy atom.